The molecule has 0 aliphatic carbocycles. The van der Waals surface area contributed by atoms with Gasteiger partial charge in [-0.15, -0.1) is 0 Å². The maximum absolute atomic E-state index is 12.8. The first kappa shape index (κ1) is 17.5. The summed E-state index contributed by atoms with van der Waals surface area (Å²) in [6, 6.07) is 2.26. The van der Waals surface area contributed by atoms with E-state index < -0.39 is 18.0 Å². The number of nitrogens with zero attached hydrogens (tertiary/aromatic N) is 3. The number of carboxylic acid groups (broad SMARTS) is 1. The molecule has 1 amide bonds. The summed E-state index contributed by atoms with van der Waals surface area (Å²) in [5.74, 6) is 0. The monoisotopic (exact) mass is 340 g/mol. The Labute approximate surface area is 135 Å². The number of hydrogen-bond acceptors (Lipinski definition) is 3. The van der Waals surface area contributed by atoms with Gasteiger partial charge in [-0.1, -0.05) is 12.6 Å². The maximum Gasteiger partial charge on any atom is 0.433 e. The summed E-state index contributed by atoms with van der Waals surface area (Å²) in [7, 11) is 0. The third-order valence-electron chi connectivity index (χ3n) is 3.14. The number of aromatic nitrogens is 3. The van der Waals surface area contributed by atoms with E-state index in [0.717, 1.165) is 6.07 Å². The summed E-state index contributed by atoms with van der Waals surface area (Å²) in [5, 5.41) is 14.8. The second-order valence-electron chi connectivity index (χ2n) is 5.19. The lowest BCUT2D eigenvalue weighted by atomic mass is 10.1. The molecule has 2 rings (SSSR count). The van der Waals surface area contributed by atoms with Gasteiger partial charge in [0.1, 0.15) is 5.69 Å². The van der Waals surface area contributed by atoms with Gasteiger partial charge in [-0.25, -0.2) is 9.78 Å². The van der Waals surface area contributed by atoms with Gasteiger partial charge in [0.05, 0.1) is 18.4 Å². The molecule has 0 unspecified atom stereocenters. The van der Waals surface area contributed by atoms with E-state index in [-0.39, 0.29) is 18.8 Å². The Morgan fingerprint density at radius 3 is 2.71 bits per heavy atom. The number of carbonyl (C=O) groups is 1. The topological polar surface area (TPSA) is 80.0 Å². The Bertz CT molecular complexity index is 768. The Balaban J connectivity index is 2.23. The molecular weight excluding hydrogens is 325 g/mol. The Hall–Kier alpha value is -2.84. The van der Waals surface area contributed by atoms with Crippen molar-refractivity contribution in [1.82, 2.24) is 20.1 Å². The first-order valence-electron chi connectivity index (χ1n) is 6.88. The molecule has 0 saturated heterocycles. The molecule has 2 heterocycles. The average Bonchev–Trinajstić information content (AvgIpc) is 2.91. The molecule has 128 valence electrons. The minimum absolute atomic E-state index is 0.0912. The molecule has 0 aliphatic heterocycles. The highest BCUT2D eigenvalue weighted by atomic mass is 19.4. The number of rotatable bonds is 5. The van der Waals surface area contributed by atoms with Crippen LogP contribution < -0.4 is 5.32 Å². The molecule has 24 heavy (non-hydrogen) atoms. The predicted octanol–water partition coefficient (Wildman–Crippen LogP) is 3.15. The van der Waals surface area contributed by atoms with E-state index in [1.807, 2.05) is 0 Å². The Kier molecular flexibility index (Phi) is 4.91. The van der Waals surface area contributed by atoms with Crippen LogP contribution in [-0.2, 0) is 19.3 Å². The van der Waals surface area contributed by atoms with Crippen LogP contribution in [0.4, 0.5) is 18.0 Å². The van der Waals surface area contributed by atoms with Gasteiger partial charge in [0.25, 0.3) is 0 Å². The van der Waals surface area contributed by atoms with Gasteiger partial charge >= 0.3 is 12.3 Å². The van der Waals surface area contributed by atoms with Gasteiger partial charge in [-0.05, 0) is 24.1 Å². The van der Waals surface area contributed by atoms with Crippen molar-refractivity contribution in [2.75, 3.05) is 0 Å². The van der Waals surface area contributed by atoms with Crippen LogP contribution in [0.2, 0.25) is 0 Å². The quantitative estimate of drug-likeness (QED) is 0.876. The van der Waals surface area contributed by atoms with Crippen LogP contribution in [0.25, 0.3) is 5.57 Å². The van der Waals surface area contributed by atoms with Crippen molar-refractivity contribution in [2.24, 2.45) is 0 Å². The second-order valence-corrected chi connectivity index (χ2v) is 5.19. The summed E-state index contributed by atoms with van der Waals surface area (Å²) >= 11 is 0. The number of pyridine rings is 1. The van der Waals surface area contributed by atoms with Crippen molar-refractivity contribution in [1.29, 1.82) is 0 Å². The number of hydrogen-bond donors (Lipinski definition) is 2. The van der Waals surface area contributed by atoms with E-state index in [2.05, 4.69) is 22.0 Å². The van der Waals surface area contributed by atoms with Crippen LogP contribution in [0.1, 0.15) is 29.4 Å². The SMILES string of the molecule is C=C(C)c1nc(C(F)(F)F)ccc1Cn1cc(CNC(=O)O)cn1. The van der Waals surface area contributed by atoms with E-state index in [1.54, 1.807) is 13.1 Å². The van der Waals surface area contributed by atoms with Crippen molar-refractivity contribution < 1.29 is 23.1 Å². The highest BCUT2D eigenvalue weighted by Crippen LogP contribution is 2.29. The fourth-order valence-electron chi connectivity index (χ4n) is 2.08. The van der Waals surface area contributed by atoms with Crippen LogP contribution in [0, 0.1) is 0 Å². The molecule has 0 bridgehead atoms. The molecule has 0 aromatic carbocycles. The minimum Gasteiger partial charge on any atom is -0.465 e. The molecule has 0 atom stereocenters. The van der Waals surface area contributed by atoms with Crippen molar-refractivity contribution in [3.63, 3.8) is 0 Å². The lowest BCUT2D eigenvalue weighted by molar-refractivity contribution is -0.141. The summed E-state index contributed by atoms with van der Waals surface area (Å²) in [4.78, 5) is 14.1. The normalized spacial score (nSPS) is 11.3. The van der Waals surface area contributed by atoms with Crippen LogP contribution >= 0.6 is 0 Å². The lowest BCUT2D eigenvalue weighted by Gasteiger charge is -2.12. The van der Waals surface area contributed by atoms with Crippen molar-refractivity contribution in [2.45, 2.75) is 26.2 Å². The molecule has 0 spiro atoms. The maximum atomic E-state index is 12.8. The largest absolute Gasteiger partial charge is 0.465 e. The predicted molar refractivity (Wildman–Crippen MR) is 80.1 cm³/mol. The molecule has 0 aliphatic rings. The van der Waals surface area contributed by atoms with E-state index >= 15 is 0 Å². The number of nitrogens with one attached hydrogen (secondary N) is 1. The van der Waals surface area contributed by atoms with Gasteiger partial charge < -0.3 is 10.4 Å². The number of alkyl halides is 3. The summed E-state index contributed by atoms with van der Waals surface area (Å²) in [6.07, 6.45) is -2.59. The average molecular weight is 340 g/mol. The van der Waals surface area contributed by atoms with E-state index in [0.29, 0.717) is 16.7 Å². The summed E-state index contributed by atoms with van der Waals surface area (Å²) in [5.41, 5.74) is 0.781. The molecule has 6 nitrogen and oxygen atoms in total. The van der Waals surface area contributed by atoms with Crippen LogP contribution in [0.3, 0.4) is 0 Å². The lowest BCUT2D eigenvalue weighted by Crippen LogP contribution is -2.19. The molecule has 2 aromatic rings. The van der Waals surface area contributed by atoms with Crippen molar-refractivity contribution in [3.8, 4) is 0 Å². The number of halogens is 3. The zero-order valence-electron chi connectivity index (χ0n) is 12.8. The fourth-order valence-corrected chi connectivity index (χ4v) is 2.08. The number of amides is 1. The van der Waals surface area contributed by atoms with E-state index in [1.165, 1.54) is 16.9 Å². The van der Waals surface area contributed by atoms with Gasteiger partial charge in [0.2, 0.25) is 0 Å². The van der Waals surface area contributed by atoms with Crippen LogP contribution in [0.5, 0.6) is 0 Å². The van der Waals surface area contributed by atoms with Gasteiger partial charge in [0, 0.05) is 18.3 Å². The van der Waals surface area contributed by atoms with Crippen LogP contribution in [-0.4, -0.2) is 26.0 Å². The third-order valence-corrected chi connectivity index (χ3v) is 3.14. The van der Waals surface area contributed by atoms with E-state index in [4.69, 9.17) is 5.11 Å². The zero-order valence-corrected chi connectivity index (χ0v) is 12.8. The van der Waals surface area contributed by atoms with Crippen molar-refractivity contribution in [3.05, 3.63) is 53.6 Å². The van der Waals surface area contributed by atoms with E-state index in [9.17, 15) is 18.0 Å². The summed E-state index contributed by atoms with van der Waals surface area (Å²) in [6.45, 7) is 5.54. The summed E-state index contributed by atoms with van der Waals surface area (Å²) < 4.78 is 39.8. The van der Waals surface area contributed by atoms with Crippen molar-refractivity contribution >= 4 is 11.7 Å². The first-order chi connectivity index (χ1) is 11.2. The third kappa shape index (κ3) is 4.34. The Morgan fingerprint density at radius 2 is 2.12 bits per heavy atom. The molecule has 2 aromatic heterocycles. The number of allylic oxidation sites excluding steroid dienone is 1. The van der Waals surface area contributed by atoms with Gasteiger partial charge in [-0.2, -0.15) is 18.3 Å². The smallest absolute Gasteiger partial charge is 0.433 e. The fraction of sp³-hybridized carbons (Fsp3) is 0.267. The minimum atomic E-state index is -4.52. The molecule has 9 heteroatoms. The molecule has 0 radical (unpaired) electrons. The van der Waals surface area contributed by atoms with Gasteiger partial charge in [-0.3, -0.25) is 4.68 Å². The molecule has 0 saturated carbocycles. The highest BCUT2D eigenvalue weighted by molar-refractivity contribution is 5.64. The molecule has 0 fully saturated rings. The second kappa shape index (κ2) is 6.73. The first-order valence-corrected chi connectivity index (χ1v) is 6.88. The Morgan fingerprint density at radius 1 is 1.42 bits per heavy atom. The highest BCUT2D eigenvalue weighted by Gasteiger charge is 2.33. The molecule has 2 N–H and O–H groups in total. The van der Waals surface area contributed by atoms with Crippen LogP contribution in [0.15, 0.2) is 31.1 Å². The standard InChI is InChI=1S/C15H15F3N4O2/c1-9(2)13-11(3-4-12(21-13)15(16,17)18)8-22-7-10(6-20-22)5-19-14(23)24/h3-4,6-7,19H,1,5,8H2,2H3,(H,23,24). The molecular formula is C15H15F3N4O2. The van der Waals surface area contributed by atoms with Gasteiger partial charge in [0.15, 0.2) is 0 Å². The zero-order chi connectivity index (χ0) is 17.9.